The van der Waals surface area contributed by atoms with E-state index in [4.69, 9.17) is 4.74 Å². The molecule has 2 aromatic carbocycles. The largest absolute Gasteiger partial charge is 0.497 e. The molecule has 1 amide bonds. The molecule has 1 atom stereocenters. The highest BCUT2D eigenvalue weighted by Crippen LogP contribution is 2.27. The number of nitrogens with one attached hydrogen (secondary N) is 2. The average molecular weight is 424 g/mol. The van der Waals surface area contributed by atoms with Crippen molar-refractivity contribution in [3.05, 3.63) is 70.0 Å². The minimum absolute atomic E-state index is 0.114. The highest BCUT2D eigenvalue weighted by atomic mass is 32.2. The Hall–Kier alpha value is -3.06. The molecular weight excluding hydrogens is 398 g/mol. The Balaban J connectivity index is 1.82. The Morgan fingerprint density at radius 2 is 1.83 bits per heavy atom. The molecule has 0 fully saturated rings. The summed E-state index contributed by atoms with van der Waals surface area (Å²) in [7, 11) is 1.60. The number of aromatic amines is 1. The molecule has 0 saturated heterocycles. The minimum Gasteiger partial charge on any atom is -0.497 e. The van der Waals surface area contributed by atoms with Crippen molar-refractivity contribution < 1.29 is 9.53 Å². The molecule has 1 aromatic heterocycles. The topological polar surface area (TPSA) is 84.1 Å². The quantitative estimate of drug-likeness (QED) is 0.429. The van der Waals surface area contributed by atoms with Gasteiger partial charge in [0, 0.05) is 17.3 Å². The lowest BCUT2D eigenvalue weighted by Crippen LogP contribution is -2.26. The van der Waals surface area contributed by atoms with Crippen molar-refractivity contribution >= 4 is 23.4 Å². The van der Waals surface area contributed by atoms with Crippen molar-refractivity contribution in [1.29, 1.82) is 0 Å². The molecule has 3 aromatic rings. The molecule has 0 radical (unpaired) electrons. The first-order chi connectivity index (χ1) is 14.4. The molecular formula is C23H25N3O3S. The van der Waals surface area contributed by atoms with E-state index < -0.39 is 5.25 Å². The normalized spacial score (nSPS) is 11.7. The number of nitrogens with zero attached hydrogens (tertiary/aromatic N) is 1. The van der Waals surface area contributed by atoms with Crippen LogP contribution in [0.4, 0.5) is 5.69 Å². The lowest BCUT2D eigenvalue weighted by Gasteiger charge is -2.17. The maximum absolute atomic E-state index is 12.9. The number of rotatable bonds is 7. The molecule has 3 rings (SSSR count). The van der Waals surface area contributed by atoms with Gasteiger partial charge in [-0.15, -0.1) is 0 Å². The van der Waals surface area contributed by atoms with Crippen molar-refractivity contribution in [1.82, 2.24) is 9.97 Å². The fourth-order valence-corrected chi connectivity index (χ4v) is 3.99. The predicted octanol–water partition coefficient (Wildman–Crippen LogP) is 4.57. The van der Waals surface area contributed by atoms with Crippen molar-refractivity contribution in [2.24, 2.45) is 0 Å². The molecule has 0 saturated carbocycles. The van der Waals surface area contributed by atoms with Crippen LogP contribution in [0.2, 0.25) is 0 Å². The average Bonchev–Trinajstić information content (AvgIpc) is 2.74. The van der Waals surface area contributed by atoms with E-state index in [1.807, 2.05) is 63.2 Å². The Bertz CT molecular complexity index is 1070. The van der Waals surface area contributed by atoms with Gasteiger partial charge in [0.1, 0.15) is 5.75 Å². The Morgan fingerprint density at radius 3 is 2.43 bits per heavy atom. The molecule has 156 valence electrons. The van der Waals surface area contributed by atoms with Crippen LogP contribution in [-0.2, 0) is 4.79 Å². The van der Waals surface area contributed by atoms with Gasteiger partial charge in [-0.2, -0.15) is 0 Å². The van der Waals surface area contributed by atoms with Crippen LogP contribution in [0, 0.1) is 13.8 Å². The number of para-hydroxylation sites is 1. The summed E-state index contributed by atoms with van der Waals surface area (Å²) in [5, 5.41) is 3.05. The summed E-state index contributed by atoms with van der Waals surface area (Å²) < 4.78 is 5.17. The summed E-state index contributed by atoms with van der Waals surface area (Å²) >= 11 is 1.26. The second-order valence-corrected chi connectivity index (χ2v) is 8.13. The number of benzene rings is 2. The van der Waals surface area contributed by atoms with Gasteiger partial charge in [-0.25, -0.2) is 4.98 Å². The number of aryl methyl sites for hydroxylation is 2. The first-order valence-corrected chi connectivity index (χ1v) is 10.6. The second-order valence-electron chi connectivity index (χ2n) is 6.94. The maximum atomic E-state index is 12.9. The SMILES string of the molecule is CCC(Sc1nc(-c2ccc(OC)cc2)cc(=O)[nH]1)C(=O)Nc1c(C)cccc1C. The molecule has 0 aliphatic rings. The van der Waals surface area contributed by atoms with Crippen molar-refractivity contribution in [2.75, 3.05) is 12.4 Å². The summed E-state index contributed by atoms with van der Waals surface area (Å²) in [6, 6.07) is 14.7. The number of amides is 1. The highest BCUT2D eigenvalue weighted by molar-refractivity contribution is 8.00. The number of anilines is 1. The molecule has 0 spiro atoms. The number of thioether (sulfide) groups is 1. The standard InChI is InChI=1S/C23H25N3O3S/c1-5-19(22(28)26-21-14(2)7-6-8-15(21)3)30-23-24-18(13-20(27)25-23)16-9-11-17(29-4)12-10-16/h6-13,19H,5H2,1-4H3,(H,26,28)(H,24,25,27). The van der Waals surface area contributed by atoms with Crippen LogP contribution in [-0.4, -0.2) is 28.2 Å². The summed E-state index contributed by atoms with van der Waals surface area (Å²) in [6.45, 7) is 5.87. The van der Waals surface area contributed by atoms with Crippen molar-refractivity contribution in [3.63, 3.8) is 0 Å². The van der Waals surface area contributed by atoms with Gasteiger partial charge in [-0.1, -0.05) is 36.9 Å². The van der Waals surface area contributed by atoms with Crippen molar-refractivity contribution in [2.45, 2.75) is 37.6 Å². The van der Waals surface area contributed by atoms with Crippen LogP contribution < -0.4 is 15.6 Å². The molecule has 1 heterocycles. The minimum atomic E-state index is -0.390. The monoisotopic (exact) mass is 423 g/mol. The lowest BCUT2D eigenvalue weighted by atomic mass is 10.1. The molecule has 0 aliphatic carbocycles. The number of methoxy groups -OCH3 is 1. The fourth-order valence-electron chi connectivity index (χ4n) is 3.07. The van der Waals surface area contributed by atoms with E-state index in [0.29, 0.717) is 17.3 Å². The molecule has 0 bridgehead atoms. The Labute approximate surface area is 180 Å². The molecule has 7 heteroatoms. The maximum Gasteiger partial charge on any atom is 0.252 e. The second kappa shape index (κ2) is 9.63. The summed E-state index contributed by atoms with van der Waals surface area (Å²) in [5.74, 6) is 0.616. The zero-order valence-electron chi connectivity index (χ0n) is 17.5. The smallest absolute Gasteiger partial charge is 0.252 e. The zero-order valence-corrected chi connectivity index (χ0v) is 18.3. The van der Waals surface area contributed by atoms with Gasteiger partial charge < -0.3 is 15.0 Å². The number of ether oxygens (including phenoxy) is 1. The van der Waals surface area contributed by atoms with E-state index in [9.17, 15) is 9.59 Å². The molecule has 6 nitrogen and oxygen atoms in total. The molecule has 2 N–H and O–H groups in total. The highest BCUT2D eigenvalue weighted by Gasteiger charge is 2.21. The van der Waals surface area contributed by atoms with E-state index in [0.717, 1.165) is 28.1 Å². The number of carbonyl (C=O) groups excluding carboxylic acids is 1. The molecule has 30 heavy (non-hydrogen) atoms. The number of aromatic nitrogens is 2. The van der Waals surface area contributed by atoms with Gasteiger partial charge in [0.15, 0.2) is 5.16 Å². The first-order valence-electron chi connectivity index (χ1n) is 9.70. The number of carbonyl (C=O) groups is 1. The van der Waals surface area contributed by atoms with E-state index in [1.165, 1.54) is 17.8 Å². The third-order valence-electron chi connectivity index (χ3n) is 4.75. The zero-order chi connectivity index (χ0) is 21.7. The Morgan fingerprint density at radius 1 is 1.17 bits per heavy atom. The van der Waals surface area contributed by atoms with Gasteiger partial charge in [0.05, 0.1) is 18.1 Å². The molecule has 1 unspecified atom stereocenters. The Kier molecular flexibility index (Phi) is 6.95. The van der Waals surface area contributed by atoms with Crippen LogP contribution in [0.25, 0.3) is 11.3 Å². The summed E-state index contributed by atoms with van der Waals surface area (Å²) in [6.07, 6.45) is 0.595. The third kappa shape index (κ3) is 5.10. The van der Waals surface area contributed by atoms with E-state index in [-0.39, 0.29) is 11.5 Å². The summed E-state index contributed by atoms with van der Waals surface area (Å²) in [4.78, 5) is 32.4. The van der Waals surface area contributed by atoms with Crippen LogP contribution in [0.5, 0.6) is 5.75 Å². The number of H-pyrrole nitrogens is 1. The van der Waals surface area contributed by atoms with Gasteiger partial charge in [-0.3, -0.25) is 9.59 Å². The van der Waals surface area contributed by atoms with Crippen LogP contribution >= 0.6 is 11.8 Å². The van der Waals surface area contributed by atoms with E-state index in [1.54, 1.807) is 7.11 Å². The lowest BCUT2D eigenvalue weighted by molar-refractivity contribution is -0.115. The third-order valence-corrected chi connectivity index (χ3v) is 6.00. The van der Waals surface area contributed by atoms with Gasteiger partial charge >= 0.3 is 0 Å². The van der Waals surface area contributed by atoms with Crippen LogP contribution in [0.3, 0.4) is 0 Å². The predicted molar refractivity (Wildman–Crippen MR) is 121 cm³/mol. The van der Waals surface area contributed by atoms with Crippen molar-refractivity contribution in [3.8, 4) is 17.0 Å². The van der Waals surface area contributed by atoms with Gasteiger partial charge in [0.25, 0.3) is 5.56 Å². The first kappa shape index (κ1) is 21.6. The fraction of sp³-hybridized carbons (Fsp3) is 0.261. The summed E-state index contributed by atoms with van der Waals surface area (Å²) in [5.41, 5.74) is 3.94. The van der Waals surface area contributed by atoms with Crippen LogP contribution in [0.1, 0.15) is 24.5 Å². The van der Waals surface area contributed by atoms with Gasteiger partial charge in [-0.05, 0) is 55.7 Å². The number of hydrogen-bond donors (Lipinski definition) is 2. The van der Waals surface area contributed by atoms with Gasteiger partial charge in [0.2, 0.25) is 5.91 Å². The van der Waals surface area contributed by atoms with Crippen LogP contribution in [0.15, 0.2) is 58.5 Å². The van der Waals surface area contributed by atoms with E-state index in [2.05, 4.69) is 15.3 Å². The van der Waals surface area contributed by atoms with E-state index >= 15 is 0 Å². The molecule has 0 aliphatic heterocycles. The number of hydrogen-bond acceptors (Lipinski definition) is 5.